The van der Waals surface area contributed by atoms with Gasteiger partial charge in [0.1, 0.15) is 6.54 Å². The molecule has 0 fully saturated rings. The Kier molecular flexibility index (Phi) is 4.74. The van der Waals surface area contributed by atoms with Gasteiger partial charge < -0.3 is 4.74 Å². The third-order valence-electron chi connectivity index (χ3n) is 3.80. The van der Waals surface area contributed by atoms with Crippen LogP contribution < -0.4 is 0 Å². The standard InChI is InChI=1S/C18H17F2N3O2/c1-3-25-15(24)10-23-18-16(11(2)22-23)13(17(19)20)9-14(21-18)12-7-5-4-6-8-12/h4-9,17H,3,10H2,1-2H3. The van der Waals surface area contributed by atoms with Crippen LogP contribution >= 0.6 is 0 Å². The van der Waals surface area contributed by atoms with Crippen LogP contribution in [0.25, 0.3) is 22.3 Å². The highest BCUT2D eigenvalue weighted by Gasteiger charge is 2.22. The van der Waals surface area contributed by atoms with Crippen molar-refractivity contribution in [3.05, 3.63) is 47.7 Å². The van der Waals surface area contributed by atoms with Gasteiger partial charge in [-0.2, -0.15) is 5.10 Å². The first-order valence-electron chi connectivity index (χ1n) is 7.88. The predicted molar refractivity (Wildman–Crippen MR) is 89.3 cm³/mol. The molecule has 2 heterocycles. The van der Waals surface area contributed by atoms with Crippen molar-refractivity contribution in [1.29, 1.82) is 0 Å². The molecule has 3 aromatic rings. The van der Waals surface area contributed by atoms with Gasteiger partial charge >= 0.3 is 5.97 Å². The van der Waals surface area contributed by atoms with Crippen molar-refractivity contribution in [2.24, 2.45) is 0 Å². The van der Waals surface area contributed by atoms with E-state index in [9.17, 15) is 13.6 Å². The topological polar surface area (TPSA) is 57.0 Å². The third-order valence-corrected chi connectivity index (χ3v) is 3.80. The molecule has 25 heavy (non-hydrogen) atoms. The van der Waals surface area contributed by atoms with E-state index < -0.39 is 12.4 Å². The van der Waals surface area contributed by atoms with Crippen LogP contribution in [0.2, 0.25) is 0 Å². The van der Waals surface area contributed by atoms with Crippen LogP contribution in [0.4, 0.5) is 8.78 Å². The molecule has 5 nitrogen and oxygen atoms in total. The summed E-state index contributed by atoms with van der Waals surface area (Å²) >= 11 is 0. The smallest absolute Gasteiger partial charge is 0.327 e. The van der Waals surface area contributed by atoms with Gasteiger partial charge in [-0.05, 0) is 19.9 Å². The normalized spacial score (nSPS) is 11.2. The maximum atomic E-state index is 13.6. The quantitative estimate of drug-likeness (QED) is 0.658. The minimum Gasteiger partial charge on any atom is -0.465 e. The molecule has 0 N–H and O–H groups in total. The number of nitrogens with zero attached hydrogens (tertiary/aromatic N) is 3. The molecule has 0 amide bonds. The van der Waals surface area contributed by atoms with Gasteiger partial charge in [-0.1, -0.05) is 30.3 Å². The van der Waals surface area contributed by atoms with Crippen molar-refractivity contribution in [2.45, 2.75) is 26.8 Å². The number of fused-ring (bicyclic) bond motifs is 1. The fraction of sp³-hybridized carbons (Fsp3) is 0.278. The lowest BCUT2D eigenvalue weighted by Gasteiger charge is -2.08. The van der Waals surface area contributed by atoms with Crippen molar-refractivity contribution < 1.29 is 18.3 Å². The van der Waals surface area contributed by atoms with Gasteiger partial charge in [-0.3, -0.25) is 4.79 Å². The summed E-state index contributed by atoms with van der Waals surface area (Å²) in [5, 5.41) is 4.49. The van der Waals surface area contributed by atoms with Crippen molar-refractivity contribution in [3.8, 4) is 11.3 Å². The zero-order chi connectivity index (χ0) is 18.0. The Morgan fingerprint density at radius 3 is 2.64 bits per heavy atom. The summed E-state index contributed by atoms with van der Waals surface area (Å²) in [5.41, 5.74) is 1.64. The van der Waals surface area contributed by atoms with Crippen LogP contribution in [0.3, 0.4) is 0 Å². The monoisotopic (exact) mass is 345 g/mol. The van der Waals surface area contributed by atoms with E-state index in [0.717, 1.165) is 0 Å². The number of rotatable bonds is 5. The molecule has 0 spiro atoms. The van der Waals surface area contributed by atoms with Gasteiger partial charge in [0.25, 0.3) is 6.43 Å². The van der Waals surface area contributed by atoms with Gasteiger partial charge in [0.05, 0.1) is 23.4 Å². The maximum absolute atomic E-state index is 13.6. The molecular weight excluding hydrogens is 328 g/mol. The number of aromatic nitrogens is 3. The Balaban J connectivity index is 2.20. The van der Waals surface area contributed by atoms with Gasteiger partial charge in [0.15, 0.2) is 5.65 Å². The molecule has 0 atom stereocenters. The number of ether oxygens (including phenoxy) is 1. The third kappa shape index (κ3) is 3.35. The molecule has 0 saturated carbocycles. The minimum atomic E-state index is -2.67. The van der Waals surface area contributed by atoms with Crippen molar-refractivity contribution in [3.63, 3.8) is 0 Å². The fourth-order valence-electron chi connectivity index (χ4n) is 2.75. The highest BCUT2D eigenvalue weighted by molar-refractivity contribution is 5.86. The first-order chi connectivity index (χ1) is 12.0. The number of aryl methyl sites for hydroxylation is 1. The minimum absolute atomic E-state index is 0.142. The SMILES string of the molecule is CCOC(=O)Cn1nc(C)c2c(C(F)F)cc(-c3ccccc3)nc21. The van der Waals surface area contributed by atoms with Crippen LogP contribution in [0, 0.1) is 6.92 Å². The largest absolute Gasteiger partial charge is 0.465 e. The number of carbonyl (C=O) groups excluding carboxylic acids is 1. The van der Waals surface area contributed by atoms with E-state index in [2.05, 4.69) is 10.1 Å². The molecule has 2 aromatic heterocycles. The van der Waals surface area contributed by atoms with E-state index in [4.69, 9.17) is 4.74 Å². The van der Waals surface area contributed by atoms with E-state index >= 15 is 0 Å². The number of pyridine rings is 1. The summed E-state index contributed by atoms with van der Waals surface area (Å²) < 4.78 is 33.5. The Morgan fingerprint density at radius 1 is 1.28 bits per heavy atom. The Bertz CT molecular complexity index is 908. The summed E-state index contributed by atoms with van der Waals surface area (Å²) in [6, 6.07) is 10.4. The maximum Gasteiger partial charge on any atom is 0.327 e. The first-order valence-corrected chi connectivity index (χ1v) is 7.88. The van der Waals surface area contributed by atoms with E-state index in [1.807, 2.05) is 18.2 Å². The second kappa shape index (κ2) is 6.96. The number of esters is 1. The second-order valence-electron chi connectivity index (χ2n) is 5.51. The summed E-state index contributed by atoms with van der Waals surface area (Å²) in [7, 11) is 0. The fourth-order valence-corrected chi connectivity index (χ4v) is 2.75. The highest BCUT2D eigenvalue weighted by atomic mass is 19.3. The van der Waals surface area contributed by atoms with Gasteiger partial charge in [-0.25, -0.2) is 18.4 Å². The molecule has 0 aliphatic rings. The van der Waals surface area contributed by atoms with Crippen molar-refractivity contribution in [2.75, 3.05) is 6.61 Å². The van der Waals surface area contributed by atoms with Gasteiger partial charge in [-0.15, -0.1) is 0 Å². The zero-order valence-corrected chi connectivity index (χ0v) is 13.9. The lowest BCUT2D eigenvalue weighted by molar-refractivity contribution is -0.143. The van der Waals surface area contributed by atoms with E-state index in [1.54, 1.807) is 26.0 Å². The van der Waals surface area contributed by atoms with Crippen LogP contribution in [-0.4, -0.2) is 27.3 Å². The van der Waals surface area contributed by atoms with Crippen LogP contribution in [-0.2, 0) is 16.1 Å². The molecule has 130 valence electrons. The lowest BCUT2D eigenvalue weighted by Crippen LogP contribution is -2.15. The van der Waals surface area contributed by atoms with Crippen molar-refractivity contribution in [1.82, 2.24) is 14.8 Å². The number of carbonyl (C=O) groups is 1. The predicted octanol–water partition coefficient (Wildman–Crippen LogP) is 3.91. The molecule has 7 heteroatoms. The van der Waals surface area contributed by atoms with Crippen LogP contribution in [0.1, 0.15) is 24.6 Å². The highest BCUT2D eigenvalue weighted by Crippen LogP contribution is 2.32. The average molecular weight is 345 g/mol. The van der Waals surface area contributed by atoms with E-state index in [0.29, 0.717) is 17.0 Å². The number of halogens is 2. The van der Waals surface area contributed by atoms with E-state index in [1.165, 1.54) is 10.7 Å². The molecule has 0 aliphatic carbocycles. The molecule has 0 radical (unpaired) electrons. The summed E-state index contributed by atoms with van der Waals surface area (Å²) in [6.07, 6.45) is -2.67. The number of alkyl halides is 2. The molecule has 0 unspecified atom stereocenters. The Hall–Kier alpha value is -2.83. The van der Waals surface area contributed by atoms with Crippen molar-refractivity contribution >= 4 is 17.0 Å². The Labute approximate surface area is 143 Å². The number of hydrogen-bond acceptors (Lipinski definition) is 4. The van der Waals surface area contributed by atoms with E-state index in [-0.39, 0.29) is 29.7 Å². The summed E-state index contributed by atoms with van der Waals surface area (Å²) in [6.45, 7) is 3.39. The molecule has 3 rings (SSSR count). The lowest BCUT2D eigenvalue weighted by atomic mass is 10.1. The number of benzene rings is 1. The van der Waals surface area contributed by atoms with Crippen LogP contribution in [0.15, 0.2) is 36.4 Å². The second-order valence-corrected chi connectivity index (χ2v) is 5.51. The molecule has 0 aliphatic heterocycles. The summed E-state index contributed by atoms with van der Waals surface area (Å²) in [5.74, 6) is -0.489. The number of hydrogen-bond donors (Lipinski definition) is 0. The summed E-state index contributed by atoms with van der Waals surface area (Å²) in [4.78, 5) is 16.3. The Morgan fingerprint density at radius 2 is 2.00 bits per heavy atom. The molecule has 0 bridgehead atoms. The van der Waals surface area contributed by atoms with Crippen LogP contribution in [0.5, 0.6) is 0 Å². The van der Waals surface area contributed by atoms with Gasteiger partial charge in [0, 0.05) is 11.1 Å². The molecular formula is C18H17F2N3O2. The molecule has 1 aromatic carbocycles. The first kappa shape index (κ1) is 17.0. The average Bonchev–Trinajstić information content (AvgIpc) is 2.91. The molecule has 0 saturated heterocycles. The van der Waals surface area contributed by atoms with Gasteiger partial charge in [0.2, 0.25) is 0 Å². The zero-order valence-electron chi connectivity index (χ0n) is 13.9.